The normalized spacial score (nSPS) is 11.0. The standard InChI is InChI=1S/C21H20N2O4S/c1-4-7-20(24)23(21(25)26-3)17-11-10-15(12-14(17)2)27-13-19-22-16-8-5-6-9-18(16)28-19/h4-12H,13H2,1-3H3. The predicted octanol–water partition coefficient (Wildman–Crippen LogP) is 4.86. The molecule has 0 fully saturated rings. The van der Waals surface area contributed by atoms with Gasteiger partial charge >= 0.3 is 6.09 Å². The van der Waals surface area contributed by atoms with Crippen LogP contribution in [-0.4, -0.2) is 24.1 Å². The SMILES string of the molecule is CC=CC(=O)N(C(=O)OC)c1ccc(OCc2nc3ccccc3s2)cc1C. The number of aromatic nitrogens is 1. The van der Waals surface area contributed by atoms with E-state index in [1.54, 1.807) is 49.5 Å². The average molecular weight is 396 g/mol. The molecule has 0 aliphatic carbocycles. The van der Waals surface area contributed by atoms with Crippen molar-refractivity contribution in [3.8, 4) is 5.75 Å². The van der Waals surface area contributed by atoms with E-state index in [1.165, 1.54) is 13.2 Å². The maximum absolute atomic E-state index is 12.3. The average Bonchev–Trinajstić information content (AvgIpc) is 3.11. The summed E-state index contributed by atoms with van der Waals surface area (Å²) in [6.07, 6.45) is 2.14. The van der Waals surface area contributed by atoms with Crippen molar-refractivity contribution in [3.63, 3.8) is 0 Å². The van der Waals surface area contributed by atoms with Crippen molar-refractivity contribution in [2.24, 2.45) is 0 Å². The maximum atomic E-state index is 12.3. The van der Waals surface area contributed by atoms with Gasteiger partial charge in [-0.1, -0.05) is 18.2 Å². The number of benzene rings is 2. The molecule has 0 spiro atoms. The number of para-hydroxylation sites is 1. The highest BCUT2D eigenvalue weighted by atomic mass is 32.1. The van der Waals surface area contributed by atoms with E-state index >= 15 is 0 Å². The van der Waals surface area contributed by atoms with Crippen LogP contribution < -0.4 is 9.64 Å². The molecule has 144 valence electrons. The number of nitrogens with zero attached hydrogens (tertiary/aromatic N) is 2. The minimum absolute atomic E-state index is 0.344. The summed E-state index contributed by atoms with van der Waals surface area (Å²) >= 11 is 1.59. The van der Waals surface area contributed by atoms with E-state index in [2.05, 4.69) is 4.98 Å². The second-order valence-electron chi connectivity index (χ2n) is 5.96. The number of methoxy groups -OCH3 is 1. The Labute approximate surface area is 167 Å². The van der Waals surface area contributed by atoms with E-state index in [1.807, 2.05) is 24.3 Å². The van der Waals surface area contributed by atoms with E-state index in [0.29, 0.717) is 23.6 Å². The molecule has 0 radical (unpaired) electrons. The van der Waals surface area contributed by atoms with Crippen molar-refractivity contribution in [2.45, 2.75) is 20.5 Å². The first-order chi connectivity index (χ1) is 13.5. The number of imide groups is 1. The van der Waals surface area contributed by atoms with Crippen LogP contribution in [0.4, 0.5) is 10.5 Å². The summed E-state index contributed by atoms with van der Waals surface area (Å²) in [6, 6.07) is 13.1. The Morgan fingerprint density at radius 1 is 1.21 bits per heavy atom. The van der Waals surface area contributed by atoms with E-state index in [0.717, 1.165) is 20.1 Å². The van der Waals surface area contributed by atoms with E-state index in [4.69, 9.17) is 9.47 Å². The molecular weight excluding hydrogens is 376 g/mol. The van der Waals surface area contributed by atoms with Crippen molar-refractivity contribution in [2.75, 3.05) is 12.0 Å². The van der Waals surface area contributed by atoms with Gasteiger partial charge in [-0.2, -0.15) is 0 Å². The van der Waals surface area contributed by atoms with E-state index < -0.39 is 12.0 Å². The lowest BCUT2D eigenvalue weighted by Crippen LogP contribution is -2.36. The van der Waals surface area contributed by atoms with Crippen LogP contribution >= 0.6 is 11.3 Å². The summed E-state index contributed by atoms with van der Waals surface area (Å²) in [7, 11) is 1.24. The molecular formula is C21H20N2O4S. The summed E-state index contributed by atoms with van der Waals surface area (Å²) in [6.45, 7) is 3.86. The van der Waals surface area contributed by atoms with E-state index in [-0.39, 0.29) is 0 Å². The zero-order chi connectivity index (χ0) is 20.1. The molecule has 0 atom stereocenters. The van der Waals surface area contributed by atoms with Crippen LogP contribution in [0.5, 0.6) is 5.75 Å². The molecule has 3 rings (SSSR count). The lowest BCUT2D eigenvalue weighted by atomic mass is 10.1. The van der Waals surface area contributed by atoms with Gasteiger partial charge in [0.25, 0.3) is 5.91 Å². The minimum atomic E-state index is -0.741. The lowest BCUT2D eigenvalue weighted by Gasteiger charge is -2.20. The summed E-state index contributed by atoms with van der Waals surface area (Å²) < 4.78 is 11.7. The largest absolute Gasteiger partial charge is 0.486 e. The third kappa shape index (κ3) is 4.20. The fourth-order valence-electron chi connectivity index (χ4n) is 2.71. The number of ether oxygens (including phenoxy) is 2. The number of rotatable bonds is 5. The van der Waals surface area contributed by atoms with E-state index in [9.17, 15) is 9.59 Å². The highest BCUT2D eigenvalue weighted by Crippen LogP contribution is 2.27. The molecule has 1 aromatic heterocycles. The molecule has 3 aromatic rings. The number of carbonyl (C=O) groups excluding carboxylic acids is 2. The van der Waals surface area contributed by atoms with Crippen LogP contribution in [0.25, 0.3) is 10.2 Å². The molecule has 1 heterocycles. The fourth-order valence-corrected chi connectivity index (χ4v) is 3.59. The molecule has 2 amide bonds. The highest BCUT2D eigenvalue weighted by Gasteiger charge is 2.24. The van der Waals surface area contributed by atoms with Crippen LogP contribution in [-0.2, 0) is 16.1 Å². The Kier molecular flexibility index (Phi) is 6.06. The molecule has 0 saturated carbocycles. The summed E-state index contributed by atoms with van der Waals surface area (Å²) in [5.41, 5.74) is 2.11. The van der Waals surface area contributed by atoms with Crippen molar-refractivity contribution in [1.29, 1.82) is 0 Å². The first kappa shape index (κ1) is 19.6. The number of fused-ring (bicyclic) bond motifs is 1. The number of hydrogen-bond acceptors (Lipinski definition) is 6. The van der Waals surface area contributed by atoms with Gasteiger partial charge in [0, 0.05) is 0 Å². The summed E-state index contributed by atoms with van der Waals surface area (Å²) in [5, 5.41) is 0.877. The molecule has 0 saturated heterocycles. The Morgan fingerprint density at radius 2 is 2.00 bits per heavy atom. The van der Waals surface area contributed by atoms with Gasteiger partial charge in [0.1, 0.15) is 17.4 Å². The van der Waals surface area contributed by atoms with Crippen LogP contribution in [0, 0.1) is 6.92 Å². The Morgan fingerprint density at radius 3 is 2.68 bits per heavy atom. The third-order valence-electron chi connectivity index (χ3n) is 4.00. The van der Waals surface area contributed by atoms with Gasteiger partial charge in [-0.05, 0) is 55.8 Å². The Balaban J connectivity index is 1.78. The molecule has 0 bridgehead atoms. The highest BCUT2D eigenvalue weighted by molar-refractivity contribution is 7.18. The molecule has 7 heteroatoms. The topological polar surface area (TPSA) is 68.7 Å². The molecule has 28 heavy (non-hydrogen) atoms. The van der Waals surface area contributed by atoms with Crippen LogP contribution in [0.1, 0.15) is 17.5 Å². The van der Waals surface area contributed by atoms with Crippen molar-refractivity contribution in [1.82, 2.24) is 4.98 Å². The molecule has 6 nitrogen and oxygen atoms in total. The first-order valence-electron chi connectivity index (χ1n) is 8.66. The molecule has 0 N–H and O–H groups in total. The molecule has 2 aromatic carbocycles. The van der Waals surface area contributed by atoms with Crippen LogP contribution in [0.2, 0.25) is 0 Å². The zero-order valence-corrected chi connectivity index (χ0v) is 16.7. The van der Waals surface area contributed by atoms with Gasteiger partial charge in [0.2, 0.25) is 0 Å². The van der Waals surface area contributed by atoms with Gasteiger partial charge in [-0.3, -0.25) is 4.79 Å². The van der Waals surface area contributed by atoms with Gasteiger partial charge < -0.3 is 9.47 Å². The number of allylic oxidation sites excluding steroid dienone is 1. The number of carbonyl (C=O) groups is 2. The fraction of sp³-hybridized carbons (Fsp3) is 0.190. The number of thiazole rings is 1. The monoisotopic (exact) mass is 396 g/mol. The smallest absolute Gasteiger partial charge is 0.421 e. The zero-order valence-electron chi connectivity index (χ0n) is 15.8. The third-order valence-corrected chi connectivity index (χ3v) is 5.01. The number of aryl methyl sites for hydroxylation is 1. The number of hydrogen-bond donors (Lipinski definition) is 0. The Bertz CT molecular complexity index is 1010. The number of amides is 2. The van der Waals surface area contributed by atoms with Gasteiger partial charge in [0.15, 0.2) is 0 Å². The lowest BCUT2D eigenvalue weighted by molar-refractivity contribution is -0.113. The molecule has 0 unspecified atom stereocenters. The van der Waals surface area contributed by atoms with Gasteiger partial charge in [0.05, 0.1) is 23.0 Å². The minimum Gasteiger partial charge on any atom is -0.486 e. The van der Waals surface area contributed by atoms with Gasteiger partial charge in [-0.15, -0.1) is 11.3 Å². The van der Waals surface area contributed by atoms with Gasteiger partial charge in [-0.25, -0.2) is 14.7 Å². The predicted molar refractivity (Wildman–Crippen MR) is 110 cm³/mol. The number of anilines is 1. The summed E-state index contributed by atoms with van der Waals surface area (Å²) in [5.74, 6) is 0.157. The van der Waals surface area contributed by atoms with Crippen molar-refractivity contribution < 1.29 is 19.1 Å². The molecule has 0 aliphatic rings. The van der Waals surface area contributed by atoms with Crippen molar-refractivity contribution in [3.05, 3.63) is 65.2 Å². The first-order valence-corrected chi connectivity index (χ1v) is 9.47. The maximum Gasteiger partial charge on any atom is 0.421 e. The van der Waals surface area contributed by atoms with Crippen LogP contribution in [0.3, 0.4) is 0 Å². The molecule has 0 aliphatic heterocycles. The van der Waals surface area contributed by atoms with Crippen LogP contribution in [0.15, 0.2) is 54.6 Å². The summed E-state index contributed by atoms with van der Waals surface area (Å²) in [4.78, 5) is 29.9. The Hall–Kier alpha value is -3.19. The second kappa shape index (κ2) is 8.67. The second-order valence-corrected chi connectivity index (χ2v) is 7.07. The quantitative estimate of drug-likeness (QED) is 0.576. The van der Waals surface area contributed by atoms with Crippen molar-refractivity contribution >= 4 is 39.2 Å².